The van der Waals surface area contributed by atoms with Gasteiger partial charge in [0, 0.05) is 25.9 Å². The molecule has 23 heavy (non-hydrogen) atoms. The number of carbonyl (C=O) groups is 2. The van der Waals surface area contributed by atoms with Crippen molar-refractivity contribution in [3.63, 3.8) is 0 Å². The number of hydrogen-bond acceptors (Lipinski definition) is 2. The number of carboxylic acid groups (broad SMARTS) is 1. The first-order valence-corrected chi connectivity index (χ1v) is 8.51. The molecule has 1 aliphatic rings. The molecular weight excluding hydrogens is 290 g/mol. The van der Waals surface area contributed by atoms with E-state index in [0.29, 0.717) is 18.8 Å². The van der Waals surface area contributed by atoms with E-state index in [9.17, 15) is 9.59 Å². The number of amides is 1. The van der Waals surface area contributed by atoms with Gasteiger partial charge in [0.05, 0.1) is 0 Å². The zero-order valence-corrected chi connectivity index (χ0v) is 14.2. The number of likely N-dealkylation sites (tertiary alicyclic amines) is 1. The van der Waals surface area contributed by atoms with E-state index >= 15 is 0 Å². The summed E-state index contributed by atoms with van der Waals surface area (Å²) in [6, 6.07) is 6.36. The van der Waals surface area contributed by atoms with Gasteiger partial charge in [0.2, 0.25) is 5.91 Å². The van der Waals surface area contributed by atoms with Gasteiger partial charge in [0.1, 0.15) is 0 Å². The average Bonchev–Trinajstić information content (AvgIpc) is 2.52. The molecule has 126 valence electrons. The Morgan fingerprint density at radius 1 is 1.26 bits per heavy atom. The number of rotatable bonds is 6. The molecule has 1 aromatic rings. The van der Waals surface area contributed by atoms with Gasteiger partial charge in [-0.25, -0.2) is 0 Å². The molecule has 1 aliphatic heterocycles. The summed E-state index contributed by atoms with van der Waals surface area (Å²) in [5, 5.41) is 8.79. The van der Waals surface area contributed by atoms with Gasteiger partial charge in [-0.2, -0.15) is 0 Å². The second kappa shape index (κ2) is 8.14. The Bertz CT molecular complexity index is 568. The van der Waals surface area contributed by atoms with Crippen molar-refractivity contribution in [1.29, 1.82) is 0 Å². The van der Waals surface area contributed by atoms with Crippen LogP contribution in [0.25, 0.3) is 0 Å². The van der Waals surface area contributed by atoms with Crippen molar-refractivity contribution in [3.8, 4) is 0 Å². The van der Waals surface area contributed by atoms with Crippen molar-refractivity contribution in [3.05, 3.63) is 34.9 Å². The molecule has 0 aliphatic carbocycles. The largest absolute Gasteiger partial charge is 0.481 e. The average molecular weight is 317 g/mol. The molecule has 1 heterocycles. The van der Waals surface area contributed by atoms with Crippen LogP contribution < -0.4 is 0 Å². The fourth-order valence-electron chi connectivity index (χ4n) is 3.38. The van der Waals surface area contributed by atoms with Crippen molar-refractivity contribution in [1.82, 2.24) is 4.90 Å². The lowest BCUT2D eigenvalue weighted by molar-refractivity contribution is -0.137. The molecule has 0 radical (unpaired) electrons. The van der Waals surface area contributed by atoms with Crippen LogP contribution in [0.1, 0.15) is 48.8 Å². The number of carboxylic acids is 1. The van der Waals surface area contributed by atoms with Gasteiger partial charge in [0.25, 0.3) is 0 Å². The number of benzene rings is 1. The number of piperidine rings is 1. The van der Waals surface area contributed by atoms with Gasteiger partial charge in [-0.15, -0.1) is 0 Å². The lowest BCUT2D eigenvalue weighted by Gasteiger charge is -2.32. The Labute approximate surface area is 138 Å². The fourth-order valence-corrected chi connectivity index (χ4v) is 3.38. The Morgan fingerprint density at radius 3 is 2.74 bits per heavy atom. The first-order valence-electron chi connectivity index (χ1n) is 8.51. The maximum absolute atomic E-state index is 12.4. The zero-order chi connectivity index (χ0) is 16.8. The Balaban J connectivity index is 1.83. The van der Waals surface area contributed by atoms with E-state index in [0.717, 1.165) is 32.4 Å². The van der Waals surface area contributed by atoms with Crippen LogP contribution in [0.4, 0.5) is 0 Å². The molecule has 0 spiro atoms. The molecule has 0 aromatic heterocycles. The van der Waals surface area contributed by atoms with Crippen LogP contribution in [0.5, 0.6) is 0 Å². The summed E-state index contributed by atoms with van der Waals surface area (Å²) in [6.07, 6.45) is 4.22. The van der Waals surface area contributed by atoms with Crippen LogP contribution in [0, 0.1) is 19.8 Å². The normalized spacial score (nSPS) is 18.0. The topological polar surface area (TPSA) is 57.6 Å². The van der Waals surface area contributed by atoms with E-state index in [1.54, 1.807) is 0 Å². The Hall–Kier alpha value is -1.84. The molecule has 1 atom stereocenters. The van der Waals surface area contributed by atoms with Gasteiger partial charge in [-0.1, -0.05) is 23.8 Å². The van der Waals surface area contributed by atoms with Crippen molar-refractivity contribution in [2.24, 2.45) is 5.92 Å². The van der Waals surface area contributed by atoms with Crippen LogP contribution in [0.2, 0.25) is 0 Å². The highest BCUT2D eigenvalue weighted by atomic mass is 16.4. The van der Waals surface area contributed by atoms with Gasteiger partial charge < -0.3 is 10.0 Å². The first kappa shape index (κ1) is 17.5. The van der Waals surface area contributed by atoms with E-state index in [1.165, 1.54) is 16.7 Å². The maximum Gasteiger partial charge on any atom is 0.303 e. The van der Waals surface area contributed by atoms with Crippen LogP contribution >= 0.6 is 0 Å². The summed E-state index contributed by atoms with van der Waals surface area (Å²) in [7, 11) is 0. The molecular formula is C19H27NO3. The first-order chi connectivity index (χ1) is 11.0. The van der Waals surface area contributed by atoms with E-state index in [1.807, 2.05) is 4.90 Å². The molecule has 1 saturated heterocycles. The van der Waals surface area contributed by atoms with Crippen molar-refractivity contribution in [2.45, 2.75) is 52.4 Å². The summed E-state index contributed by atoms with van der Waals surface area (Å²) in [5.41, 5.74) is 3.73. The van der Waals surface area contributed by atoms with Crippen LogP contribution in [0.15, 0.2) is 18.2 Å². The minimum absolute atomic E-state index is 0.199. The lowest BCUT2D eigenvalue weighted by atomic mass is 9.93. The number of carbonyl (C=O) groups excluding carboxylic acids is 1. The van der Waals surface area contributed by atoms with Gasteiger partial charge in [-0.3, -0.25) is 9.59 Å². The van der Waals surface area contributed by atoms with Crippen LogP contribution in [0.3, 0.4) is 0 Å². The lowest BCUT2D eigenvalue weighted by Crippen LogP contribution is -2.40. The second-order valence-corrected chi connectivity index (χ2v) is 6.71. The van der Waals surface area contributed by atoms with Gasteiger partial charge >= 0.3 is 5.97 Å². The summed E-state index contributed by atoms with van der Waals surface area (Å²) in [6.45, 7) is 5.71. The van der Waals surface area contributed by atoms with Crippen molar-refractivity contribution in [2.75, 3.05) is 13.1 Å². The quantitative estimate of drug-likeness (QED) is 0.875. The summed E-state index contributed by atoms with van der Waals surface area (Å²) < 4.78 is 0. The third-order valence-electron chi connectivity index (χ3n) is 4.74. The SMILES string of the molecule is Cc1ccc(CCC(=O)N2CCCC(CCC(=O)O)C2)c(C)c1. The number of hydrogen-bond donors (Lipinski definition) is 1. The molecule has 1 amide bonds. The molecule has 2 rings (SSSR count). The monoisotopic (exact) mass is 317 g/mol. The highest BCUT2D eigenvalue weighted by molar-refractivity contribution is 5.76. The number of nitrogens with zero attached hydrogens (tertiary/aromatic N) is 1. The van der Waals surface area contributed by atoms with Gasteiger partial charge in [-0.05, 0) is 56.6 Å². The van der Waals surface area contributed by atoms with Crippen LogP contribution in [-0.4, -0.2) is 35.0 Å². The number of aryl methyl sites for hydroxylation is 3. The Morgan fingerprint density at radius 2 is 2.04 bits per heavy atom. The predicted molar refractivity (Wildman–Crippen MR) is 90.4 cm³/mol. The third kappa shape index (κ3) is 5.38. The summed E-state index contributed by atoms with van der Waals surface area (Å²) in [4.78, 5) is 25.1. The van der Waals surface area contributed by atoms with E-state index in [-0.39, 0.29) is 12.3 Å². The molecule has 1 N–H and O–H groups in total. The van der Waals surface area contributed by atoms with E-state index in [2.05, 4.69) is 32.0 Å². The summed E-state index contributed by atoms with van der Waals surface area (Å²) in [5.74, 6) is -0.210. The standard InChI is InChI=1S/C19H27NO3/c1-14-5-7-17(15(2)12-14)8-9-18(21)20-11-3-4-16(13-20)6-10-19(22)23/h5,7,12,16H,3-4,6,8-11,13H2,1-2H3,(H,22,23). The molecule has 0 bridgehead atoms. The molecule has 0 saturated carbocycles. The zero-order valence-electron chi connectivity index (χ0n) is 14.2. The van der Waals surface area contributed by atoms with Crippen molar-refractivity contribution < 1.29 is 14.7 Å². The molecule has 1 aromatic carbocycles. The molecule has 4 heteroatoms. The third-order valence-corrected chi connectivity index (χ3v) is 4.74. The number of aliphatic carboxylic acids is 1. The minimum Gasteiger partial charge on any atom is -0.481 e. The Kier molecular flexibility index (Phi) is 6.20. The van der Waals surface area contributed by atoms with Gasteiger partial charge in [0.15, 0.2) is 0 Å². The molecule has 1 fully saturated rings. The fraction of sp³-hybridized carbons (Fsp3) is 0.579. The minimum atomic E-state index is -0.747. The van der Waals surface area contributed by atoms with E-state index < -0.39 is 5.97 Å². The molecule has 1 unspecified atom stereocenters. The maximum atomic E-state index is 12.4. The molecule has 4 nitrogen and oxygen atoms in total. The second-order valence-electron chi connectivity index (χ2n) is 6.71. The van der Waals surface area contributed by atoms with Crippen LogP contribution in [-0.2, 0) is 16.0 Å². The van der Waals surface area contributed by atoms with Crippen molar-refractivity contribution >= 4 is 11.9 Å². The highest BCUT2D eigenvalue weighted by Crippen LogP contribution is 2.22. The predicted octanol–water partition coefficient (Wildman–Crippen LogP) is 3.34. The summed E-state index contributed by atoms with van der Waals surface area (Å²) >= 11 is 0. The highest BCUT2D eigenvalue weighted by Gasteiger charge is 2.23. The van der Waals surface area contributed by atoms with E-state index in [4.69, 9.17) is 5.11 Å². The smallest absolute Gasteiger partial charge is 0.303 e.